The number of carbonyl (C=O) groups excluding carboxylic acids is 2. The van der Waals surface area contributed by atoms with E-state index in [2.05, 4.69) is 32.6 Å². The van der Waals surface area contributed by atoms with Gasteiger partial charge in [0.25, 0.3) is 0 Å². The molecule has 0 aromatic rings. The summed E-state index contributed by atoms with van der Waals surface area (Å²) in [5.74, 6) is 0.136. The van der Waals surface area contributed by atoms with Crippen LogP contribution in [-0.4, -0.2) is 68.2 Å². The second-order valence-electron chi connectivity index (χ2n) is 10.7. The lowest BCUT2D eigenvalue weighted by atomic mass is 9.89. The molecule has 7 nitrogen and oxygen atoms in total. The van der Waals surface area contributed by atoms with Gasteiger partial charge in [0.05, 0.1) is 25.7 Å². The Labute approximate surface area is 234 Å². The molecule has 0 aliphatic rings. The SMILES string of the molecule is CCCCCCC(CCCCCC)CCCCCC(=O)OCC(CO)COC(=O)OCCCN(CC)CC. The Hall–Kier alpha value is -1.34. The maximum atomic E-state index is 12.1. The smallest absolute Gasteiger partial charge is 0.465 e. The molecule has 0 amide bonds. The lowest BCUT2D eigenvalue weighted by molar-refractivity contribution is -0.146. The first-order chi connectivity index (χ1) is 18.5. The largest absolute Gasteiger partial charge is 0.508 e. The van der Waals surface area contributed by atoms with E-state index in [4.69, 9.17) is 14.2 Å². The quantitative estimate of drug-likeness (QED) is 0.0846. The Morgan fingerprint density at radius 1 is 0.658 bits per heavy atom. The van der Waals surface area contributed by atoms with Crippen LogP contribution in [0.3, 0.4) is 0 Å². The average molecular weight is 544 g/mol. The number of aliphatic hydroxyl groups is 1. The number of aliphatic hydroxyl groups excluding tert-OH is 1. The summed E-state index contributed by atoms with van der Waals surface area (Å²) in [5.41, 5.74) is 0. The first kappa shape index (κ1) is 36.7. The van der Waals surface area contributed by atoms with Crippen LogP contribution in [0.25, 0.3) is 0 Å². The van der Waals surface area contributed by atoms with E-state index in [9.17, 15) is 14.7 Å². The predicted molar refractivity (Wildman–Crippen MR) is 155 cm³/mol. The van der Waals surface area contributed by atoms with Crippen LogP contribution in [-0.2, 0) is 19.0 Å². The molecule has 0 bridgehead atoms. The predicted octanol–water partition coefficient (Wildman–Crippen LogP) is 7.53. The summed E-state index contributed by atoms with van der Waals surface area (Å²) in [6.45, 7) is 11.6. The minimum atomic E-state index is -0.747. The van der Waals surface area contributed by atoms with Crippen molar-refractivity contribution in [3.8, 4) is 0 Å². The molecule has 0 aromatic carbocycles. The van der Waals surface area contributed by atoms with Gasteiger partial charge in [-0.05, 0) is 31.8 Å². The molecule has 0 fully saturated rings. The molecule has 1 unspecified atom stereocenters. The summed E-state index contributed by atoms with van der Waals surface area (Å²) in [5, 5.41) is 9.53. The molecular weight excluding hydrogens is 482 g/mol. The van der Waals surface area contributed by atoms with E-state index in [0.29, 0.717) is 13.0 Å². The van der Waals surface area contributed by atoms with E-state index in [1.54, 1.807) is 0 Å². The number of carbonyl (C=O) groups is 2. The third-order valence-electron chi connectivity index (χ3n) is 7.33. The number of hydrogen-bond acceptors (Lipinski definition) is 7. The van der Waals surface area contributed by atoms with Crippen molar-refractivity contribution < 1.29 is 28.9 Å². The minimum absolute atomic E-state index is 0.0312. The number of ether oxygens (including phenoxy) is 3. The van der Waals surface area contributed by atoms with Crippen molar-refractivity contribution in [1.29, 1.82) is 0 Å². The van der Waals surface area contributed by atoms with Gasteiger partial charge in [-0.15, -0.1) is 0 Å². The van der Waals surface area contributed by atoms with E-state index >= 15 is 0 Å². The highest BCUT2D eigenvalue weighted by molar-refractivity contribution is 5.69. The highest BCUT2D eigenvalue weighted by Gasteiger charge is 2.15. The number of unbranched alkanes of at least 4 members (excludes halogenated alkanes) is 8. The van der Waals surface area contributed by atoms with Gasteiger partial charge in [0.1, 0.15) is 6.61 Å². The van der Waals surface area contributed by atoms with Gasteiger partial charge in [-0.2, -0.15) is 0 Å². The van der Waals surface area contributed by atoms with Gasteiger partial charge >= 0.3 is 12.1 Å². The van der Waals surface area contributed by atoms with E-state index in [1.807, 2.05) is 0 Å². The molecule has 0 heterocycles. The zero-order valence-electron chi connectivity index (χ0n) is 25.4. The fourth-order valence-electron chi connectivity index (χ4n) is 4.68. The Morgan fingerprint density at radius 2 is 1.21 bits per heavy atom. The highest BCUT2D eigenvalue weighted by Crippen LogP contribution is 2.24. The van der Waals surface area contributed by atoms with Crippen molar-refractivity contribution in [3.63, 3.8) is 0 Å². The summed E-state index contributed by atoms with van der Waals surface area (Å²) < 4.78 is 15.5. The molecular formula is C31H61NO6. The van der Waals surface area contributed by atoms with Crippen LogP contribution in [0.2, 0.25) is 0 Å². The Balaban J connectivity index is 4.00. The summed E-state index contributed by atoms with van der Waals surface area (Å²) in [7, 11) is 0. The Morgan fingerprint density at radius 3 is 1.74 bits per heavy atom. The maximum absolute atomic E-state index is 12.1. The Bertz CT molecular complexity index is 528. The second kappa shape index (κ2) is 27.2. The van der Waals surface area contributed by atoms with Crippen LogP contribution in [0, 0.1) is 11.8 Å². The molecule has 0 aliphatic heterocycles. The fourth-order valence-corrected chi connectivity index (χ4v) is 4.68. The van der Waals surface area contributed by atoms with E-state index in [-0.39, 0.29) is 25.8 Å². The summed E-state index contributed by atoms with van der Waals surface area (Å²) in [4.78, 5) is 26.2. The number of rotatable bonds is 27. The molecule has 0 radical (unpaired) electrons. The van der Waals surface area contributed by atoms with Gasteiger partial charge in [0.2, 0.25) is 0 Å². The van der Waals surface area contributed by atoms with E-state index in [1.165, 1.54) is 77.0 Å². The molecule has 1 N–H and O–H groups in total. The zero-order chi connectivity index (χ0) is 28.3. The molecule has 7 heteroatoms. The molecule has 0 aliphatic carbocycles. The standard InChI is InChI=1S/C31H61NO6/c1-5-9-11-14-19-28(20-15-12-10-6-2)21-16-13-17-22-30(34)37-26-29(25-33)27-38-31(35)36-24-18-23-32(7-3)8-4/h28-29,33H,5-27H2,1-4H3. The first-order valence-corrected chi connectivity index (χ1v) is 15.8. The van der Waals surface area contributed by atoms with Gasteiger partial charge in [-0.1, -0.05) is 111 Å². The van der Waals surface area contributed by atoms with Crippen LogP contribution >= 0.6 is 0 Å². The van der Waals surface area contributed by atoms with Crippen molar-refractivity contribution >= 4 is 12.1 Å². The minimum Gasteiger partial charge on any atom is -0.465 e. The van der Waals surface area contributed by atoms with E-state index < -0.39 is 12.1 Å². The van der Waals surface area contributed by atoms with Gasteiger partial charge in [0, 0.05) is 13.0 Å². The zero-order valence-corrected chi connectivity index (χ0v) is 25.4. The number of hydrogen-bond donors (Lipinski definition) is 1. The van der Waals surface area contributed by atoms with Crippen LogP contribution in [0.15, 0.2) is 0 Å². The van der Waals surface area contributed by atoms with Crippen molar-refractivity contribution in [2.75, 3.05) is 46.1 Å². The fraction of sp³-hybridized carbons (Fsp3) is 0.935. The lowest BCUT2D eigenvalue weighted by Crippen LogP contribution is -2.26. The molecule has 0 saturated carbocycles. The molecule has 0 aromatic heterocycles. The van der Waals surface area contributed by atoms with Gasteiger partial charge in [-0.25, -0.2) is 4.79 Å². The lowest BCUT2D eigenvalue weighted by Gasteiger charge is -2.18. The van der Waals surface area contributed by atoms with E-state index in [0.717, 1.165) is 44.8 Å². The molecule has 0 spiro atoms. The topological polar surface area (TPSA) is 85.3 Å². The normalized spacial score (nSPS) is 12.2. The summed E-state index contributed by atoms with van der Waals surface area (Å²) >= 11 is 0. The highest BCUT2D eigenvalue weighted by atomic mass is 16.7. The average Bonchev–Trinajstić information content (AvgIpc) is 2.92. The Kier molecular flexibility index (Phi) is 26.3. The molecule has 226 valence electrons. The van der Waals surface area contributed by atoms with Gasteiger partial charge in [-0.3, -0.25) is 4.79 Å². The van der Waals surface area contributed by atoms with Crippen LogP contribution in [0.4, 0.5) is 4.79 Å². The van der Waals surface area contributed by atoms with Gasteiger partial charge in [0.15, 0.2) is 0 Å². The third kappa shape index (κ3) is 22.6. The first-order valence-electron chi connectivity index (χ1n) is 15.8. The van der Waals surface area contributed by atoms with Crippen LogP contribution < -0.4 is 0 Å². The van der Waals surface area contributed by atoms with Crippen LogP contribution in [0.1, 0.15) is 130 Å². The van der Waals surface area contributed by atoms with Crippen molar-refractivity contribution in [1.82, 2.24) is 4.90 Å². The van der Waals surface area contributed by atoms with Crippen molar-refractivity contribution in [2.24, 2.45) is 11.8 Å². The second-order valence-corrected chi connectivity index (χ2v) is 10.7. The summed E-state index contributed by atoms with van der Waals surface area (Å²) in [6, 6.07) is 0. The maximum Gasteiger partial charge on any atom is 0.508 e. The molecule has 0 saturated heterocycles. The molecule has 38 heavy (non-hydrogen) atoms. The van der Waals surface area contributed by atoms with Crippen molar-refractivity contribution in [3.05, 3.63) is 0 Å². The van der Waals surface area contributed by atoms with Gasteiger partial charge < -0.3 is 24.2 Å². The number of esters is 1. The summed E-state index contributed by atoms with van der Waals surface area (Å²) in [6.07, 6.45) is 18.1. The van der Waals surface area contributed by atoms with Crippen molar-refractivity contribution in [2.45, 2.75) is 130 Å². The monoisotopic (exact) mass is 543 g/mol. The third-order valence-corrected chi connectivity index (χ3v) is 7.33. The molecule has 0 rings (SSSR count). The molecule has 1 atom stereocenters. The van der Waals surface area contributed by atoms with Crippen LogP contribution in [0.5, 0.6) is 0 Å². The number of nitrogens with zero attached hydrogens (tertiary/aromatic N) is 1.